The Balaban J connectivity index is 0. The highest BCUT2D eigenvalue weighted by molar-refractivity contribution is 5.20. The Hall–Kier alpha value is -0.820. The first-order valence-electron chi connectivity index (χ1n) is 5.53. The average molecular weight is 195 g/mol. The van der Waals surface area contributed by atoms with E-state index in [1.165, 1.54) is 11.1 Å². The van der Waals surface area contributed by atoms with Crippen molar-refractivity contribution in [3.63, 3.8) is 0 Å². The molecule has 0 atom stereocenters. The fraction of sp³-hybridized carbons (Fsp3) is 0.538. The lowest BCUT2D eigenvalue weighted by Crippen LogP contribution is -2.04. The van der Waals surface area contributed by atoms with Gasteiger partial charge in [0.05, 0.1) is 0 Å². The van der Waals surface area contributed by atoms with Crippen molar-refractivity contribution in [1.29, 1.82) is 0 Å². The van der Waals surface area contributed by atoms with Crippen molar-refractivity contribution >= 4 is 0 Å². The lowest BCUT2D eigenvalue weighted by atomic mass is 10.1. The molecule has 1 nitrogen and oxygen atoms in total. The summed E-state index contributed by atoms with van der Waals surface area (Å²) < 4.78 is 0. The molecule has 1 N–H and O–H groups in total. The number of hydrogen-bond donors (Lipinski definition) is 1. The molecule has 1 heteroatoms. The van der Waals surface area contributed by atoms with Crippen LogP contribution in [0.5, 0.6) is 0 Å². The molecule has 0 saturated heterocycles. The average Bonchev–Trinajstić information content (AvgIpc) is 2.28. The highest BCUT2D eigenvalue weighted by Crippen LogP contribution is 2.01. The summed E-state index contributed by atoms with van der Waals surface area (Å²) in [4.78, 5) is 0. The van der Waals surface area contributed by atoms with Gasteiger partial charge >= 0.3 is 0 Å². The molecule has 0 bridgehead atoms. The maximum atomic E-state index is 3.10. The van der Waals surface area contributed by atoms with E-state index in [-0.39, 0.29) is 0 Å². The monoisotopic (exact) mass is 195 g/mol. The van der Waals surface area contributed by atoms with Gasteiger partial charge in [-0.2, -0.15) is 0 Å². The van der Waals surface area contributed by atoms with Crippen LogP contribution in [0.15, 0.2) is 24.3 Å². The van der Waals surface area contributed by atoms with E-state index in [4.69, 9.17) is 0 Å². The molecular formula is C13H25N. The van der Waals surface area contributed by atoms with Gasteiger partial charge in [0.1, 0.15) is 0 Å². The lowest BCUT2D eigenvalue weighted by molar-refractivity contribution is 0.817. The standard InChI is InChI=1S/C9H13N.2C2H6/c1-8-3-5-9(6-4-8)7-10-2;2*1-2/h3-6,10H,7H2,1-2H3;2*1-2H3. The Morgan fingerprint density at radius 1 is 0.929 bits per heavy atom. The lowest BCUT2D eigenvalue weighted by Gasteiger charge is -1.98. The van der Waals surface area contributed by atoms with E-state index in [9.17, 15) is 0 Å². The molecule has 1 rings (SSSR count). The first kappa shape index (κ1) is 15.6. The molecule has 0 fully saturated rings. The van der Waals surface area contributed by atoms with E-state index in [0.717, 1.165) is 6.54 Å². The van der Waals surface area contributed by atoms with E-state index in [1.54, 1.807) is 0 Å². The third-order valence-corrected chi connectivity index (χ3v) is 1.50. The highest BCUT2D eigenvalue weighted by Gasteiger charge is 1.87. The van der Waals surface area contributed by atoms with E-state index in [1.807, 2.05) is 34.7 Å². The summed E-state index contributed by atoms with van der Waals surface area (Å²) in [5.74, 6) is 0. The summed E-state index contributed by atoms with van der Waals surface area (Å²) in [5.41, 5.74) is 2.66. The zero-order chi connectivity index (χ0) is 11.4. The van der Waals surface area contributed by atoms with Crippen LogP contribution in [-0.4, -0.2) is 7.05 Å². The maximum Gasteiger partial charge on any atom is 0.0202 e. The van der Waals surface area contributed by atoms with Crippen LogP contribution < -0.4 is 5.32 Å². The molecule has 0 radical (unpaired) electrons. The highest BCUT2D eigenvalue weighted by atomic mass is 14.8. The fourth-order valence-electron chi connectivity index (χ4n) is 0.910. The molecule has 82 valence electrons. The van der Waals surface area contributed by atoms with Crippen LogP contribution in [0.4, 0.5) is 0 Å². The van der Waals surface area contributed by atoms with Crippen molar-refractivity contribution in [1.82, 2.24) is 5.32 Å². The molecule has 0 aliphatic heterocycles. The van der Waals surface area contributed by atoms with E-state index in [0.29, 0.717) is 0 Å². The molecule has 0 aliphatic rings. The molecule has 0 aliphatic carbocycles. The topological polar surface area (TPSA) is 12.0 Å². The van der Waals surface area contributed by atoms with Gasteiger partial charge in [-0.25, -0.2) is 0 Å². The quantitative estimate of drug-likeness (QED) is 0.757. The number of aryl methyl sites for hydroxylation is 1. The van der Waals surface area contributed by atoms with E-state index in [2.05, 4.69) is 36.5 Å². The Bertz CT molecular complexity index is 189. The maximum absolute atomic E-state index is 3.10. The second-order valence-corrected chi connectivity index (χ2v) is 2.52. The largest absolute Gasteiger partial charge is 0.316 e. The van der Waals surface area contributed by atoms with Crippen molar-refractivity contribution < 1.29 is 0 Å². The van der Waals surface area contributed by atoms with Gasteiger partial charge in [-0.15, -0.1) is 0 Å². The van der Waals surface area contributed by atoms with Crippen molar-refractivity contribution in [3.8, 4) is 0 Å². The molecule has 0 spiro atoms. The van der Waals surface area contributed by atoms with Crippen LogP contribution >= 0.6 is 0 Å². The van der Waals surface area contributed by atoms with Crippen LogP contribution in [0.1, 0.15) is 38.8 Å². The van der Waals surface area contributed by atoms with Gasteiger partial charge < -0.3 is 5.32 Å². The molecule has 0 aromatic heterocycles. The summed E-state index contributed by atoms with van der Waals surface area (Å²) in [7, 11) is 1.96. The minimum absolute atomic E-state index is 0.959. The van der Waals surface area contributed by atoms with Gasteiger partial charge in [0, 0.05) is 6.54 Å². The number of rotatable bonds is 2. The zero-order valence-electron chi connectivity index (χ0n) is 10.5. The Morgan fingerprint density at radius 2 is 1.36 bits per heavy atom. The summed E-state index contributed by atoms with van der Waals surface area (Å²) in [6, 6.07) is 8.55. The third-order valence-electron chi connectivity index (χ3n) is 1.50. The second kappa shape index (κ2) is 12.2. The summed E-state index contributed by atoms with van der Waals surface area (Å²) >= 11 is 0. The Labute approximate surface area is 89.5 Å². The summed E-state index contributed by atoms with van der Waals surface area (Å²) in [6.45, 7) is 11.1. The van der Waals surface area contributed by atoms with Crippen LogP contribution in [0, 0.1) is 6.92 Å². The van der Waals surface area contributed by atoms with Gasteiger partial charge in [0.2, 0.25) is 0 Å². The first-order valence-corrected chi connectivity index (χ1v) is 5.53. The smallest absolute Gasteiger partial charge is 0.0202 e. The van der Waals surface area contributed by atoms with Gasteiger partial charge in [-0.3, -0.25) is 0 Å². The Kier molecular flexibility index (Phi) is 13.6. The normalized spacial score (nSPS) is 7.86. The van der Waals surface area contributed by atoms with Crippen molar-refractivity contribution in [3.05, 3.63) is 35.4 Å². The molecule has 0 unspecified atom stereocenters. The summed E-state index contributed by atoms with van der Waals surface area (Å²) in [5, 5.41) is 3.10. The van der Waals surface area contributed by atoms with Crippen LogP contribution in [0.2, 0.25) is 0 Å². The molecular weight excluding hydrogens is 170 g/mol. The minimum Gasteiger partial charge on any atom is -0.316 e. The Morgan fingerprint density at radius 3 is 1.71 bits per heavy atom. The van der Waals surface area contributed by atoms with Gasteiger partial charge in [0.25, 0.3) is 0 Å². The third kappa shape index (κ3) is 7.81. The predicted octanol–water partition coefficient (Wildman–Crippen LogP) is 3.77. The zero-order valence-corrected chi connectivity index (χ0v) is 10.5. The number of nitrogens with one attached hydrogen (secondary N) is 1. The molecule has 0 heterocycles. The predicted molar refractivity (Wildman–Crippen MR) is 66.6 cm³/mol. The van der Waals surface area contributed by atoms with Crippen molar-refractivity contribution in [2.75, 3.05) is 7.05 Å². The fourth-order valence-corrected chi connectivity index (χ4v) is 0.910. The molecule has 0 saturated carbocycles. The molecule has 1 aromatic carbocycles. The molecule has 1 aromatic rings. The van der Waals surface area contributed by atoms with Crippen molar-refractivity contribution in [2.24, 2.45) is 0 Å². The van der Waals surface area contributed by atoms with E-state index < -0.39 is 0 Å². The SMILES string of the molecule is CC.CC.CNCc1ccc(C)cc1. The van der Waals surface area contributed by atoms with Crippen molar-refractivity contribution in [2.45, 2.75) is 41.2 Å². The van der Waals surface area contributed by atoms with Crippen LogP contribution in [0.3, 0.4) is 0 Å². The first-order chi connectivity index (χ1) is 6.83. The van der Waals surface area contributed by atoms with Gasteiger partial charge in [0.15, 0.2) is 0 Å². The minimum atomic E-state index is 0.959. The van der Waals surface area contributed by atoms with Crippen LogP contribution in [-0.2, 0) is 6.54 Å². The molecule has 0 amide bonds. The number of hydrogen-bond acceptors (Lipinski definition) is 1. The van der Waals surface area contributed by atoms with Gasteiger partial charge in [-0.1, -0.05) is 57.5 Å². The number of benzene rings is 1. The van der Waals surface area contributed by atoms with Gasteiger partial charge in [-0.05, 0) is 19.5 Å². The molecule has 14 heavy (non-hydrogen) atoms. The second-order valence-electron chi connectivity index (χ2n) is 2.52. The summed E-state index contributed by atoms with van der Waals surface area (Å²) in [6.07, 6.45) is 0. The van der Waals surface area contributed by atoms with Crippen LogP contribution in [0.25, 0.3) is 0 Å². The van der Waals surface area contributed by atoms with E-state index >= 15 is 0 Å².